The first-order chi connectivity index (χ1) is 19.4. The van der Waals surface area contributed by atoms with Gasteiger partial charge in [0.05, 0.1) is 35.3 Å². The second-order valence-electron chi connectivity index (χ2n) is 9.76. The van der Waals surface area contributed by atoms with E-state index in [1.807, 2.05) is 44.3 Å². The number of aromatic nitrogens is 6. The molecule has 5 rings (SSSR count). The number of hydrogen-bond acceptors (Lipinski definition) is 11. The number of carbonyl (C=O) groups excluding carboxylic acids is 1. The number of rotatable bonds is 10. The van der Waals surface area contributed by atoms with Gasteiger partial charge in [-0.1, -0.05) is 13.0 Å². The number of aryl methyl sites for hydroxylation is 1. The van der Waals surface area contributed by atoms with E-state index in [0.717, 1.165) is 44.0 Å². The van der Waals surface area contributed by atoms with Crippen LogP contribution in [0.25, 0.3) is 11.4 Å². The van der Waals surface area contributed by atoms with E-state index in [1.165, 1.54) is 0 Å². The lowest BCUT2D eigenvalue weighted by molar-refractivity contribution is 0.0988. The number of ether oxygens (including phenoxy) is 1. The summed E-state index contributed by atoms with van der Waals surface area (Å²) in [5.41, 5.74) is 3.39. The molecule has 4 heterocycles. The third-order valence-electron chi connectivity index (χ3n) is 6.81. The van der Waals surface area contributed by atoms with Gasteiger partial charge in [-0.15, -0.1) is 5.10 Å². The van der Waals surface area contributed by atoms with Crippen LogP contribution in [0.1, 0.15) is 29.4 Å². The summed E-state index contributed by atoms with van der Waals surface area (Å²) < 4.78 is 7.38. The predicted molar refractivity (Wildman–Crippen MR) is 153 cm³/mol. The summed E-state index contributed by atoms with van der Waals surface area (Å²) in [4.78, 5) is 26.3. The monoisotopic (exact) mass is 542 g/mol. The molecule has 1 fully saturated rings. The van der Waals surface area contributed by atoms with E-state index in [9.17, 15) is 4.79 Å². The third-order valence-corrected chi connectivity index (χ3v) is 6.81. The van der Waals surface area contributed by atoms with Crippen molar-refractivity contribution in [3.8, 4) is 17.1 Å². The molecule has 0 bridgehead atoms. The van der Waals surface area contributed by atoms with Crippen molar-refractivity contribution in [1.82, 2.24) is 39.7 Å². The van der Waals surface area contributed by atoms with Crippen molar-refractivity contribution in [2.24, 2.45) is 7.05 Å². The average molecular weight is 543 g/mol. The maximum absolute atomic E-state index is 12.8. The lowest BCUT2D eigenvalue weighted by Gasteiger charge is -2.31. The molecule has 0 amide bonds. The largest absolute Gasteiger partial charge is 0.494 e. The van der Waals surface area contributed by atoms with Gasteiger partial charge in [-0.05, 0) is 31.3 Å². The number of nitrogens with one attached hydrogen (secondary N) is 2. The number of carbonyl (C=O) groups is 1. The van der Waals surface area contributed by atoms with Gasteiger partial charge in [0.15, 0.2) is 23.2 Å². The predicted octanol–water partition coefficient (Wildman–Crippen LogP) is 3.50. The van der Waals surface area contributed by atoms with E-state index in [1.54, 1.807) is 30.4 Å². The van der Waals surface area contributed by atoms with Gasteiger partial charge in [0.2, 0.25) is 0 Å². The first kappa shape index (κ1) is 27.2. The molecule has 2 N–H and O–H groups in total. The normalized spacial score (nSPS) is 14.2. The number of pyridine rings is 1. The Kier molecular flexibility index (Phi) is 8.27. The summed E-state index contributed by atoms with van der Waals surface area (Å²) in [6.07, 6.45) is 3.55. The molecule has 12 nitrogen and oxygen atoms in total. The Balaban J connectivity index is 1.37. The average Bonchev–Trinajstić information content (AvgIpc) is 3.41. The zero-order valence-electron chi connectivity index (χ0n) is 23.3. The van der Waals surface area contributed by atoms with Crippen LogP contribution in [-0.2, 0) is 13.6 Å². The lowest BCUT2D eigenvalue weighted by atomic mass is 10.1. The number of para-hydroxylation sites is 1. The van der Waals surface area contributed by atoms with Crippen molar-refractivity contribution < 1.29 is 9.53 Å². The zero-order chi connectivity index (χ0) is 28.1. The Hall–Kier alpha value is -4.42. The molecule has 4 aromatic rings. The van der Waals surface area contributed by atoms with Crippen molar-refractivity contribution in [3.05, 3.63) is 60.2 Å². The van der Waals surface area contributed by atoms with E-state index >= 15 is 0 Å². The van der Waals surface area contributed by atoms with Gasteiger partial charge in [0.25, 0.3) is 0 Å². The quantitative estimate of drug-likeness (QED) is 0.286. The summed E-state index contributed by atoms with van der Waals surface area (Å²) in [5.74, 6) is 2.17. The molecule has 0 radical (unpaired) electrons. The fourth-order valence-electron chi connectivity index (χ4n) is 4.56. The molecule has 0 atom stereocenters. The van der Waals surface area contributed by atoms with Crippen molar-refractivity contribution in [3.63, 3.8) is 0 Å². The highest BCUT2D eigenvalue weighted by Crippen LogP contribution is 2.37. The van der Waals surface area contributed by atoms with Crippen molar-refractivity contribution in [1.29, 1.82) is 0 Å². The maximum atomic E-state index is 12.8. The third kappa shape index (κ3) is 6.24. The summed E-state index contributed by atoms with van der Waals surface area (Å²) >= 11 is 0. The Morgan fingerprint density at radius 1 is 0.975 bits per heavy atom. The molecule has 0 unspecified atom stereocenters. The highest BCUT2D eigenvalue weighted by molar-refractivity contribution is 6.02. The van der Waals surface area contributed by atoms with Gasteiger partial charge in [-0.3, -0.25) is 14.4 Å². The highest BCUT2D eigenvalue weighted by Gasteiger charge is 2.18. The zero-order valence-corrected chi connectivity index (χ0v) is 23.3. The van der Waals surface area contributed by atoms with Crippen LogP contribution >= 0.6 is 0 Å². The standard InChI is InChI=1S/C28H34N10O2/c1-5-24(39)21-16-29-26(32-25-10-9-19(33-34-25)17-38-13-11-36(2)12-14-38)15-23(21)31-22-8-6-7-20(27(22)40-4)28-30-18-37(3)35-28/h6-10,15-16,18H,5,11-14,17H2,1-4H3,(H2,29,31,32,34). The minimum Gasteiger partial charge on any atom is -0.494 e. The molecule has 0 saturated carbocycles. The van der Waals surface area contributed by atoms with Gasteiger partial charge in [0, 0.05) is 58.5 Å². The van der Waals surface area contributed by atoms with Gasteiger partial charge >= 0.3 is 0 Å². The number of benzene rings is 1. The molecular formula is C28H34N10O2. The number of anilines is 4. The molecule has 1 aliphatic heterocycles. The number of ketones is 1. The van der Waals surface area contributed by atoms with E-state index in [4.69, 9.17) is 4.74 Å². The van der Waals surface area contributed by atoms with Crippen molar-refractivity contribution in [2.45, 2.75) is 19.9 Å². The van der Waals surface area contributed by atoms with Crippen LogP contribution < -0.4 is 15.4 Å². The molecule has 208 valence electrons. The molecule has 1 aromatic carbocycles. The van der Waals surface area contributed by atoms with Crippen LogP contribution in [-0.4, -0.2) is 85.9 Å². The fourth-order valence-corrected chi connectivity index (χ4v) is 4.56. The van der Waals surface area contributed by atoms with E-state index in [-0.39, 0.29) is 5.78 Å². The first-order valence-corrected chi connectivity index (χ1v) is 13.3. The Bertz CT molecular complexity index is 1460. The number of piperazine rings is 1. The summed E-state index contributed by atoms with van der Waals surface area (Å²) in [5, 5.41) is 19.7. The van der Waals surface area contributed by atoms with Crippen molar-refractivity contribution in [2.75, 3.05) is 51.0 Å². The van der Waals surface area contributed by atoms with Crippen LogP contribution in [0.2, 0.25) is 0 Å². The topological polar surface area (TPSA) is 126 Å². The summed E-state index contributed by atoms with van der Waals surface area (Å²) in [6, 6.07) is 11.3. The van der Waals surface area contributed by atoms with Crippen molar-refractivity contribution >= 4 is 28.8 Å². The number of hydrogen-bond donors (Lipinski definition) is 2. The van der Waals surface area contributed by atoms with E-state index in [0.29, 0.717) is 46.6 Å². The van der Waals surface area contributed by atoms with E-state index in [2.05, 4.69) is 52.7 Å². The minimum atomic E-state index is -0.0314. The highest BCUT2D eigenvalue weighted by atomic mass is 16.5. The Labute approximate surface area is 233 Å². The van der Waals surface area contributed by atoms with Crippen LogP contribution in [0, 0.1) is 0 Å². The summed E-state index contributed by atoms with van der Waals surface area (Å²) in [6.45, 7) is 6.75. The molecule has 3 aromatic heterocycles. The molecule has 40 heavy (non-hydrogen) atoms. The SMILES string of the molecule is CCC(=O)c1cnc(Nc2ccc(CN3CCN(C)CC3)nn2)cc1Nc1cccc(-c2ncn(C)n2)c1OC. The molecule has 0 spiro atoms. The number of methoxy groups -OCH3 is 1. The minimum absolute atomic E-state index is 0.0314. The smallest absolute Gasteiger partial charge is 0.184 e. The lowest BCUT2D eigenvalue weighted by Crippen LogP contribution is -2.44. The molecule has 0 aliphatic carbocycles. The van der Waals surface area contributed by atoms with Gasteiger partial charge in [0.1, 0.15) is 12.1 Å². The molecule has 1 saturated heterocycles. The first-order valence-electron chi connectivity index (χ1n) is 13.3. The number of likely N-dealkylation sites (N-methyl/N-ethyl adjacent to an activating group) is 1. The second kappa shape index (κ2) is 12.2. The Morgan fingerprint density at radius 3 is 2.48 bits per heavy atom. The van der Waals surface area contributed by atoms with Crippen LogP contribution in [0.5, 0.6) is 5.75 Å². The Morgan fingerprint density at radius 2 is 1.80 bits per heavy atom. The van der Waals surface area contributed by atoms with Gasteiger partial charge in [-0.2, -0.15) is 10.2 Å². The summed E-state index contributed by atoms with van der Waals surface area (Å²) in [7, 11) is 5.55. The van der Waals surface area contributed by atoms with Gasteiger partial charge < -0.3 is 20.3 Å². The van der Waals surface area contributed by atoms with E-state index < -0.39 is 0 Å². The van der Waals surface area contributed by atoms with Crippen LogP contribution in [0.4, 0.5) is 23.0 Å². The second-order valence-corrected chi connectivity index (χ2v) is 9.76. The molecule has 12 heteroatoms. The number of Topliss-reactive ketones (excluding diaryl/α,β-unsaturated/α-hetero) is 1. The molecular weight excluding hydrogens is 508 g/mol. The van der Waals surface area contributed by atoms with Crippen LogP contribution in [0.15, 0.2) is 48.9 Å². The van der Waals surface area contributed by atoms with Gasteiger partial charge in [-0.25, -0.2) is 9.97 Å². The van der Waals surface area contributed by atoms with Crippen LogP contribution in [0.3, 0.4) is 0 Å². The fraction of sp³-hybridized carbons (Fsp3) is 0.357. The maximum Gasteiger partial charge on any atom is 0.184 e. The number of nitrogens with zero attached hydrogens (tertiary/aromatic N) is 8. The molecule has 1 aliphatic rings.